The molecule has 1 saturated heterocycles. The van der Waals surface area contributed by atoms with E-state index in [1.807, 2.05) is 29.2 Å². The molecule has 0 N–H and O–H groups in total. The minimum Gasteiger partial charge on any atom is -0.339 e. The molecule has 98 valence electrons. The van der Waals surface area contributed by atoms with Crippen molar-refractivity contribution in [1.82, 2.24) is 4.90 Å². The molecule has 0 bridgehead atoms. The van der Waals surface area contributed by atoms with Crippen molar-refractivity contribution in [3.63, 3.8) is 0 Å². The van der Waals surface area contributed by atoms with Gasteiger partial charge in [-0.3, -0.25) is 4.79 Å². The average Bonchev–Trinajstić information content (AvgIpc) is 2.38. The minimum absolute atomic E-state index is 0.252. The first-order chi connectivity index (χ1) is 8.66. The molecular formula is C14H18ClNOS. The Bertz CT molecular complexity index is 407. The van der Waals surface area contributed by atoms with Gasteiger partial charge in [0.2, 0.25) is 5.91 Å². The molecule has 0 spiro atoms. The van der Waals surface area contributed by atoms with Crippen LogP contribution >= 0.6 is 23.4 Å². The Labute approximate surface area is 118 Å². The van der Waals surface area contributed by atoms with Gasteiger partial charge in [-0.05, 0) is 50.5 Å². The molecule has 1 aliphatic rings. The zero-order valence-electron chi connectivity index (χ0n) is 10.6. The third-order valence-corrected chi connectivity index (χ3v) is 4.55. The van der Waals surface area contributed by atoms with Gasteiger partial charge in [-0.25, -0.2) is 0 Å². The maximum Gasteiger partial charge on any atom is 0.233 e. The predicted molar refractivity (Wildman–Crippen MR) is 77.2 cm³/mol. The van der Waals surface area contributed by atoms with Crippen molar-refractivity contribution >= 4 is 29.3 Å². The largest absolute Gasteiger partial charge is 0.339 e. The number of carbonyl (C=O) groups excluding carboxylic acids is 1. The summed E-state index contributed by atoms with van der Waals surface area (Å²) in [6, 6.07) is 8.03. The summed E-state index contributed by atoms with van der Waals surface area (Å²) in [5.74, 6) is 0.772. The van der Waals surface area contributed by atoms with E-state index in [2.05, 4.69) is 6.92 Å². The van der Waals surface area contributed by atoms with Crippen LogP contribution in [0.3, 0.4) is 0 Å². The number of benzene rings is 1. The first-order valence-corrected chi connectivity index (χ1v) is 7.71. The van der Waals surface area contributed by atoms with Gasteiger partial charge < -0.3 is 4.90 Å². The third-order valence-electron chi connectivity index (χ3n) is 3.30. The summed E-state index contributed by atoms with van der Waals surface area (Å²) in [4.78, 5) is 15.2. The van der Waals surface area contributed by atoms with E-state index in [0.29, 0.717) is 11.8 Å². The van der Waals surface area contributed by atoms with Gasteiger partial charge in [-0.2, -0.15) is 0 Å². The van der Waals surface area contributed by atoms with Crippen LogP contribution in [0.1, 0.15) is 26.2 Å². The summed E-state index contributed by atoms with van der Waals surface area (Å²) in [7, 11) is 0. The van der Waals surface area contributed by atoms with Gasteiger partial charge in [0.05, 0.1) is 5.75 Å². The number of nitrogens with zero attached hydrogens (tertiary/aromatic N) is 1. The minimum atomic E-state index is 0.252. The lowest BCUT2D eigenvalue weighted by Gasteiger charge is -2.33. The Morgan fingerprint density at radius 2 is 2.11 bits per heavy atom. The summed E-state index contributed by atoms with van der Waals surface area (Å²) in [6.07, 6.45) is 3.52. The van der Waals surface area contributed by atoms with Crippen LogP contribution < -0.4 is 0 Å². The standard InChI is InChI=1S/C14H18ClNOS/c1-11-4-2-3-9-16(11)14(17)10-18-13-7-5-12(15)6-8-13/h5-8,11H,2-4,9-10H2,1H3. The third kappa shape index (κ3) is 3.66. The topological polar surface area (TPSA) is 20.3 Å². The molecule has 1 aromatic carbocycles. The monoisotopic (exact) mass is 283 g/mol. The lowest BCUT2D eigenvalue weighted by Crippen LogP contribution is -2.42. The summed E-state index contributed by atoms with van der Waals surface area (Å²) in [5.41, 5.74) is 0. The molecule has 2 rings (SSSR count). The average molecular weight is 284 g/mol. The van der Waals surface area contributed by atoms with Crippen molar-refractivity contribution in [1.29, 1.82) is 0 Å². The fraction of sp³-hybridized carbons (Fsp3) is 0.500. The van der Waals surface area contributed by atoms with E-state index in [-0.39, 0.29) is 5.91 Å². The Hall–Kier alpha value is -0.670. The molecule has 4 heteroatoms. The molecule has 0 radical (unpaired) electrons. The smallest absolute Gasteiger partial charge is 0.233 e. The van der Waals surface area contributed by atoms with Crippen LogP contribution in [-0.2, 0) is 4.79 Å². The van der Waals surface area contributed by atoms with Crippen molar-refractivity contribution in [2.75, 3.05) is 12.3 Å². The number of hydrogen-bond acceptors (Lipinski definition) is 2. The fourth-order valence-electron chi connectivity index (χ4n) is 2.23. The molecule has 2 nitrogen and oxygen atoms in total. The Morgan fingerprint density at radius 3 is 2.78 bits per heavy atom. The normalized spacial score (nSPS) is 19.9. The highest BCUT2D eigenvalue weighted by molar-refractivity contribution is 8.00. The Kier molecular flexibility index (Phi) is 4.95. The highest BCUT2D eigenvalue weighted by Gasteiger charge is 2.22. The quantitative estimate of drug-likeness (QED) is 0.786. The second-order valence-electron chi connectivity index (χ2n) is 4.67. The number of carbonyl (C=O) groups is 1. The summed E-state index contributed by atoms with van der Waals surface area (Å²) < 4.78 is 0. The van der Waals surface area contributed by atoms with E-state index in [9.17, 15) is 4.79 Å². The SMILES string of the molecule is CC1CCCCN1C(=O)CSc1ccc(Cl)cc1. The van der Waals surface area contributed by atoms with E-state index in [1.54, 1.807) is 11.8 Å². The van der Waals surface area contributed by atoms with E-state index in [1.165, 1.54) is 6.42 Å². The highest BCUT2D eigenvalue weighted by Crippen LogP contribution is 2.23. The van der Waals surface area contributed by atoms with Crippen LogP contribution in [0.25, 0.3) is 0 Å². The molecule has 1 fully saturated rings. The van der Waals surface area contributed by atoms with Gasteiger partial charge in [0.1, 0.15) is 0 Å². The van der Waals surface area contributed by atoms with Gasteiger partial charge in [-0.15, -0.1) is 11.8 Å². The molecular weight excluding hydrogens is 266 g/mol. The van der Waals surface area contributed by atoms with Crippen LogP contribution in [0.4, 0.5) is 0 Å². The van der Waals surface area contributed by atoms with Crippen LogP contribution in [0.2, 0.25) is 5.02 Å². The predicted octanol–water partition coefficient (Wildman–Crippen LogP) is 3.83. The van der Waals surface area contributed by atoms with Gasteiger partial charge in [0.15, 0.2) is 0 Å². The summed E-state index contributed by atoms with van der Waals surface area (Å²) >= 11 is 7.41. The molecule has 1 aliphatic heterocycles. The van der Waals surface area contributed by atoms with Crippen molar-refractivity contribution in [3.8, 4) is 0 Å². The second-order valence-corrected chi connectivity index (χ2v) is 6.16. The molecule has 0 saturated carbocycles. The maximum absolute atomic E-state index is 12.1. The Morgan fingerprint density at radius 1 is 1.39 bits per heavy atom. The van der Waals surface area contributed by atoms with Crippen LogP contribution in [-0.4, -0.2) is 29.1 Å². The van der Waals surface area contributed by atoms with Crippen molar-refractivity contribution < 1.29 is 4.79 Å². The number of piperidine rings is 1. The van der Waals surface area contributed by atoms with E-state index < -0.39 is 0 Å². The highest BCUT2D eigenvalue weighted by atomic mass is 35.5. The number of likely N-dealkylation sites (tertiary alicyclic amines) is 1. The Balaban J connectivity index is 1.85. The fourth-order valence-corrected chi connectivity index (χ4v) is 3.14. The first-order valence-electron chi connectivity index (χ1n) is 6.34. The van der Waals surface area contributed by atoms with E-state index >= 15 is 0 Å². The maximum atomic E-state index is 12.1. The number of thioether (sulfide) groups is 1. The zero-order chi connectivity index (χ0) is 13.0. The molecule has 1 unspecified atom stereocenters. The summed E-state index contributed by atoms with van der Waals surface area (Å²) in [6.45, 7) is 3.06. The van der Waals surface area contributed by atoms with E-state index in [4.69, 9.17) is 11.6 Å². The molecule has 1 amide bonds. The number of hydrogen-bond donors (Lipinski definition) is 0. The van der Waals surface area contributed by atoms with E-state index in [0.717, 1.165) is 29.3 Å². The van der Waals surface area contributed by atoms with Gasteiger partial charge in [0, 0.05) is 22.5 Å². The van der Waals surface area contributed by atoms with Gasteiger partial charge >= 0.3 is 0 Å². The molecule has 0 aliphatic carbocycles. The lowest BCUT2D eigenvalue weighted by molar-refractivity contribution is -0.131. The number of rotatable bonds is 3. The molecule has 1 atom stereocenters. The van der Waals surface area contributed by atoms with Gasteiger partial charge in [0.25, 0.3) is 0 Å². The first kappa shape index (κ1) is 13.8. The zero-order valence-corrected chi connectivity index (χ0v) is 12.1. The second kappa shape index (κ2) is 6.48. The van der Waals surface area contributed by atoms with Gasteiger partial charge in [-0.1, -0.05) is 11.6 Å². The van der Waals surface area contributed by atoms with Crippen molar-refractivity contribution in [2.24, 2.45) is 0 Å². The molecule has 18 heavy (non-hydrogen) atoms. The molecule has 1 aromatic rings. The molecule has 0 aromatic heterocycles. The molecule has 1 heterocycles. The lowest BCUT2D eigenvalue weighted by atomic mass is 10.0. The number of amides is 1. The number of halogens is 1. The van der Waals surface area contributed by atoms with Crippen LogP contribution in [0.5, 0.6) is 0 Å². The van der Waals surface area contributed by atoms with Crippen molar-refractivity contribution in [2.45, 2.75) is 37.1 Å². The van der Waals surface area contributed by atoms with Crippen molar-refractivity contribution in [3.05, 3.63) is 29.3 Å². The summed E-state index contributed by atoms with van der Waals surface area (Å²) in [5, 5.41) is 0.732. The van der Waals surface area contributed by atoms with Crippen LogP contribution in [0, 0.1) is 0 Å². The van der Waals surface area contributed by atoms with Crippen LogP contribution in [0.15, 0.2) is 29.2 Å².